The molecule has 29 heavy (non-hydrogen) atoms. The summed E-state index contributed by atoms with van der Waals surface area (Å²) in [4.78, 5) is 36.3. The second-order valence-corrected chi connectivity index (χ2v) is 9.03. The molecule has 1 N–H and O–H groups in total. The number of nitrogens with one attached hydrogen (secondary N) is 1. The number of methoxy groups -OCH3 is 2. The quantitative estimate of drug-likeness (QED) is 0.422. The van der Waals surface area contributed by atoms with Gasteiger partial charge in [0.2, 0.25) is 0 Å². The SMILES string of the molecule is COC(=O)c1csc(C)c1S(=O)(=O)CNCCCC(=O)n1nc(OC)n(C)c1=O. The van der Waals surface area contributed by atoms with Crippen molar-refractivity contribution in [1.82, 2.24) is 19.7 Å². The minimum absolute atomic E-state index is 0.00968. The van der Waals surface area contributed by atoms with Gasteiger partial charge in [0.25, 0.3) is 5.91 Å². The molecule has 13 heteroatoms. The smallest absolute Gasteiger partial charge is 0.355 e. The van der Waals surface area contributed by atoms with E-state index in [1.54, 1.807) is 6.92 Å². The average Bonchev–Trinajstić information content (AvgIpc) is 3.21. The molecule has 2 rings (SSSR count). The number of aryl methyl sites for hydroxylation is 1. The van der Waals surface area contributed by atoms with E-state index in [-0.39, 0.29) is 35.9 Å². The third-order valence-corrected chi connectivity index (χ3v) is 6.80. The summed E-state index contributed by atoms with van der Waals surface area (Å²) in [6.45, 7) is 1.82. The molecule has 0 aromatic carbocycles. The zero-order chi connectivity index (χ0) is 21.8. The van der Waals surface area contributed by atoms with Crippen molar-refractivity contribution in [2.75, 3.05) is 26.6 Å². The Morgan fingerprint density at radius 3 is 2.59 bits per heavy atom. The summed E-state index contributed by atoms with van der Waals surface area (Å²) < 4.78 is 36.5. The van der Waals surface area contributed by atoms with Crippen molar-refractivity contribution in [1.29, 1.82) is 0 Å². The maximum atomic E-state index is 12.6. The van der Waals surface area contributed by atoms with Gasteiger partial charge in [-0.25, -0.2) is 22.6 Å². The number of rotatable bonds is 9. The maximum Gasteiger partial charge on any atom is 0.355 e. The molecular formula is C16H22N4O7S2. The monoisotopic (exact) mass is 446 g/mol. The highest BCUT2D eigenvalue weighted by Gasteiger charge is 2.27. The lowest BCUT2D eigenvalue weighted by Crippen LogP contribution is -2.30. The molecule has 0 aliphatic rings. The second-order valence-electron chi connectivity index (χ2n) is 6.02. The first kappa shape index (κ1) is 22.8. The number of sulfone groups is 1. The first-order valence-electron chi connectivity index (χ1n) is 8.47. The summed E-state index contributed by atoms with van der Waals surface area (Å²) in [6.07, 6.45) is 0.268. The van der Waals surface area contributed by atoms with E-state index in [1.807, 2.05) is 0 Å². The lowest BCUT2D eigenvalue weighted by Gasteiger charge is -2.08. The molecule has 2 heterocycles. The van der Waals surface area contributed by atoms with Gasteiger partial charge in [0.05, 0.1) is 24.7 Å². The molecule has 0 saturated carbocycles. The van der Waals surface area contributed by atoms with Gasteiger partial charge in [-0.3, -0.25) is 4.79 Å². The first-order chi connectivity index (χ1) is 13.6. The minimum Gasteiger partial charge on any atom is -0.467 e. The predicted molar refractivity (Wildman–Crippen MR) is 104 cm³/mol. The number of hydrogen-bond donors (Lipinski definition) is 1. The van der Waals surface area contributed by atoms with Crippen molar-refractivity contribution >= 4 is 33.1 Å². The van der Waals surface area contributed by atoms with E-state index in [4.69, 9.17) is 4.74 Å². The minimum atomic E-state index is -3.77. The fourth-order valence-corrected chi connectivity index (χ4v) is 5.39. The van der Waals surface area contributed by atoms with Gasteiger partial charge in [-0.05, 0) is 19.9 Å². The van der Waals surface area contributed by atoms with Gasteiger partial charge in [0, 0.05) is 23.7 Å². The molecule has 0 radical (unpaired) electrons. The Labute approximate surface area is 171 Å². The number of nitrogens with zero attached hydrogens (tertiary/aromatic N) is 3. The molecule has 0 bridgehead atoms. The van der Waals surface area contributed by atoms with Crippen LogP contribution < -0.4 is 15.7 Å². The molecular weight excluding hydrogens is 424 g/mol. The van der Waals surface area contributed by atoms with Crippen molar-refractivity contribution in [3.8, 4) is 6.01 Å². The van der Waals surface area contributed by atoms with Crippen molar-refractivity contribution in [2.45, 2.75) is 24.7 Å². The third kappa shape index (κ3) is 4.92. The summed E-state index contributed by atoms with van der Waals surface area (Å²) >= 11 is 1.15. The molecule has 2 aromatic rings. The molecule has 0 aliphatic heterocycles. The molecule has 0 aliphatic carbocycles. The number of carbonyl (C=O) groups excluding carboxylic acids is 2. The van der Waals surface area contributed by atoms with Crippen LogP contribution >= 0.6 is 11.3 Å². The van der Waals surface area contributed by atoms with E-state index >= 15 is 0 Å². The third-order valence-electron chi connectivity index (χ3n) is 4.03. The van der Waals surface area contributed by atoms with Crippen LogP contribution in [0.3, 0.4) is 0 Å². The van der Waals surface area contributed by atoms with E-state index in [0.717, 1.165) is 15.9 Å². The van der Waals surface area contributed by atoms with Crippen molar-refractivity contribution < 1.29 is 27.5 Å². The Bertz CT molecular complexity index is 1070. The summed E-state index contributed by atoms with van der Waals surface area (Å²) in [5, 5.41) is 7.98. The number of carbonyl (C=O) groups is 2. The fourth-order valence-electron chi connectivity index (χ4n) is 2.59. The van der Waals surface area contributed by atoms with Gasteiger partial charge in [0.15, 0.2) is 9.84 Å². The maximum absolute atomic E-state index is 12.6. The topological polar surface area (TPSA) is 139 Å². The van der Waals surface area contributed by atoms with E-state index in [1.165, 1.54) is 26.6 Å². The zero-order valence-corrected chi connectivity index (χ0v) is 18.1. The molecule has 160 valence electrons. The van der Waals surface area contributed by atoms with E-state index in [9.17, 15) is 22.8 Å². The Morgan fingerprint density at radius 2 is 2.00 bits per heavy atom. The van der Waals surface area contributed by atoms with Gasteiger partial charge < -0.3 is 14.8 Å². The number of aromatic nitrogens is 3. The van der Waals surface area contributed by atoms with Crippen LogP contribution in [0.15, 0.2) is 15.1 Å². The molecule has 0 fully saturated rings. The van der Waals surface area contributed by atoms with Crippen molar-refractivity contribution in [3.63, 3.8) is 0 Å². The number of ether oxygens (including phenoxy) is 2. The fraction of sp³-hybridized carbons (Fsp3) is 0.500. The Hall–Kier alpha value is -2.51. The Balaban J connectivity index is 1.93. The molecule has 0 atom stereocenters. The average molecular weight is 447 g/mol. The van der Waals surface area contributed by atoms with Crippen LogP contribution in [0.1, 0.15) is 32.9 Å². The van der Waals surface area contributed by atoms with Gasteiger partial charge in [0.1, 0.15) is 5.88 Å². The summed E-state index contributed by atoms with van der Waals surface area (Å²) in [6, 6.07) is 0.0140. The lowest BCUT2D eigenvalue weighted by atomic mass is 10.3. The van der Waals surface area contributed by atoms with Crippen LogP contribution in [0.2, 0.25) is 0 Å². The Morgan fingerprint density at radius 1 is 1.31 bits per heavy atom. The van der Waals surface area contributed by atoms with E-state index < -0.39 is 33.3 Å². The molecule has 0 saturated heterocycles. The van der Waals surface area contributed by atoms with Crippen LogP contribution in [0.4, 0.5) is 0 Å². The van der Waals surface area contributed by atoms with Gasteiger partial charge >= 0.3 is 17.7 Å². The highest BCUT2D eigenvalue weighted by atomic mass is 32.2. The van der Waals surface area contributed by atoms with Gasteiger partial charge in [-0.2, -0.15) is 0 Å². The van der Waals surface area contributed by atoms with Crippen LogP contribution in [-0.4, -0.2) is 61.3 Å². The Kier molecular flexibility index (Phi) is 7.32. The number of thiophene rings is 1. The lowest BCUT2D eigenvalue weighted by molar-refractivity contribution is 0.0596. The molecule has 0 amide bonds. The summed E-state index contributed by atoms with van der Waals surface area (Å²) in [7, 11) is 0.177. The molecule has 11 nitrogen and oxygen atoms in total. The highest BCUT2D eigenvalue weighted by Crippen LogP contribution is 2.27. The summed E-state index contributed by atoms with van der Waals surface area (Å²) in [5.41, 5.74) is -0.610. The first-order valence-corrected chi connectivity index (χ1v) is 11.0. The molecule has 0 spiro atoms. The van der Waals surface area contributed by atoms with Crippen LogP contribution in [-0.2, 0) is 21.6 Å². The largest absolute Gasteiger partial charge is 0.467 e. The predicted octanol–water partition coefficient (Wildman–Crippen LogP) is 0.188. The van der Waals surface area contributed by atoms with E-state index in [2.05, 4.69) is 15.2 Å². The summed E-state index contributed by atoms with van der Waals surface area (Å²) in [5.74, 6) is -1.64. The van der Waals surface area contributed by atoms with Crippen LogP contribution in [0.5, 0.6) is 6.01 Å². The van der Waals surface area contributed by atoms with Gasteiger partial charge in [-0.15, -0.1) is 21.1 Å². The highest BCUT2D eigenvalue weighted by molar-refractivity contribution is 7.91. The zero-order valence-electron chi connectivity index (χ0n) is 16.4. The van der Waals surface area contributed by atoms with Crippen molar-refractivity contribution in [2.24, 2.45) is 7.05 Å². The number of esters is 1. The second kappa shape index (κ2) is 9.33. The van der Waals surface area contributed by atoms with Crippen LogP contribution in [0.25, 0.3) is 0 Å². The molecule has 0 unspecified atom stereocenters. The van der Waals surface area contributed by atoms with E-state index in [0.29, 0.717) is 9.56 Å². The van der Waals surface area contributed by atoms with Crippen molar-refractivity contribution in [3.05, 3.63) is 26.3 Å². The van der Waals surface area contributed by atoms with Crippen LogP contribution in [0, 0.1) is 6.92 Å². The molecule has 2 aromatic heterocycles. The number of hydrogen-bond acceptors (Lipinski definition) is 10. The van der Waals surface area contributed by atoms with Gasteiger partial charge in [-0.1, -0.05) is 0 Å². The normalized spacial score (nSPS) is 11.4. The standard InChI is InChI=1S/C16H22N4O7S2/c1-10-13(11(8-28-10)14(22)26-3)29(24,25)9-17-7-5-6-12(21)20-16(23)19(2)15(18-20)27-4/h8,17H,5-7,9H2,1-4H3.